The second-order valence-corrected chi connectivity index (χ2v) is 3.73. The van der Waals surface area contributed by atoms with Crippen LogP contribution in [0.4, 0.5) is 0 Å². The van der Waals surface area contributed by atoms with Gasteiger partial charge in [-0.2, -0.15) is 0 Å². The Balaban J connectivity index is -0.0000000489. The Kier molecular flexibility index (Phi) is 34.5. The van der Waals surface area contributed by atoms with E-state index in [1.807, 2.05) is 12.1 Å². The van der Waals surface area contributed by atoms with Gasteiger partial charge in [0.05, 0.1) is 10.0 Å². The van der Waals surface area contributed by atoms with Gasteiger partial charge in [0.2, 0.25) is 0 Å². The molecule has 1 aromatic rings. The van der Waals surface area contributed by atoms with Crippen LogP contribution in [0, 0.1) is 0 Å². The fraction of sp³-hybridized carbons (Fsp3) is 0. The SMILES string of the molecule is Clc1ccccc1Cl.[Na+].[Na+].[Na+].[Na+].[O-][Si]([O-])([O-])[O-]. The van der Waals surface area contributed by atoms with Crippen LogP contribution < -0.4 is 137 Å². The number of benzene rings is 1. The topological polar surface area (TPSA) is 92.2 Å². The van der Waals surface area contributed by atoms with Crippen molar-refractivity contribution in [3.63, 3.8) is 0 Å². The fourth-order valence-electron chi connectivity index (χ4n) is 0.439. The van der Waals surface area contributed by atoms with Gasteiger partial charge >= 0.3 is 118 Å². The fourth-order valence-corrected chi connectivity index (χ4v) is 0.711. The molecule has 0 unspecified atom stereocenters. The summed E-state index contributed by atoms with van der Waals surface area (Å²) >= 11 is 11.2. The van der Waals surface area contributed by atoms with E-state index in [4.69, 9.17) is 42.4 Å². The van der Waals surface area contributed by atoms with Gasteiger partial charge in [-0.25, -0.2) is 0 Å². The van der Waals surface area contributed by atoms with Crippen molar-refractivity contribution in [3.8, 4) is 0 Å². The molecule has 0 aromatic heterocycles. The van der Waals surface area contributed by atoms with Crippen LogP contribution in [0.3, 0.4) is 0 Å². The minimum Gasteiger partial charge on any atom is -0.894 e. The monoisotopic (exact) mass is 330 g/mol. The Morgan fingerprint density at radius 2 is 0.882 bits per heavy atom. The number of rotatable bonds is 0. The first-order valence-electron chi connectivity index (χ1n) is 3.02. The Hall–Kier alpha value is 3.86. The van der Waals surface area contributed by atoms with E-state index in [-0.39, 0.29) is 118 Å². The van der Waals surface area contributed by atoms with Gasteiger partial charge in [0.1, 0.15) is 0 Å². The van der Waals surface area contributed by atoms with Crippen LogP contribution in [-0.2, 0) is 0 Å². The summed E-state index contributed by atoms with van der Waals surface area (Å²) in [4.78, 5) is 34.3. The Morgan fingerprint density at radius 3 is 1.00 bits per heavy atom. The van der Waals surface area contributed by atoms with Crippen LogP contribution in [0.15, 0.2) is 24.3 Å². The minimum absolute atomic E-state index is 0. The second kappa shape index (κ2) is 17.9. The van der Waals surface area contributed by atoms with E-state index < -0.39 is 9.05 Å². The van der Waals surface area contributed by atoms with Gasteiger partial charge in [-0.15, -0.1) is 0 Å². The predicted molar refractivity (Wildman–Crippen MR) is 42.2 cm³/mol. The van der Waals surface area contributed by atoms with E-state index >= 15 is 0 Å². The van der Waals surface area contributed by atoms with E-state index in [0.717, 1.165) is 0 Å². The summed E-state index contributed by atoms with van der Waals surface area (Å²) in [6, 6.07) is 7.19. The molecule has 11 heteroatoms. The zero-order valence-corrected chi connectivity index (χ0v) is 20.7. The molecule has 17 heavy (non-hydrogen) atoms. The van der Waals surface area contributed by atoms with Gasteiger partial charge < -0.3 is 28.2 Å². The van der Waals surface area contributed by atoms with Crippen LogP contribution in [0.2, 0.25) is 10.0 Å². The summed E-state index contributed by atoms with van der Waals surface area (Å²) in [6.45, 7) is 0. The molecule has 1 aromatic carbocycles. The molecule has 0 heterocycles. The third-order valence-electron chi connectivity index (χ3n) is 0.824. The molecule has 4 nitrogen and oxygen atoms in total. The average Bonchev–Trinajstić information content (AvgIpc) is 1.92. The summed E-state index contributed by atoms with van der Waals surface area (Å²) in [5, 5.41) is 1.21. The van der Waals surface area contributed by atoms with Crippen LogP contribution in [0.1, 0.15) is 0 Å². The van der Waals surface area contributed by atoms with E-state index in [1.54, 1.807) is 12.1 Å². The quantitative estimate of drug-likeness (QED) is 0.442. The van der Waals surface area contributed by atoms with E-state index in [2.05, 4.69) is 0 Å². The molecule has 0 saturated carbocycles. The molecule has 1 rings (SSSR count). The summed E-state index contributed by atoms with van der Waals surface area (Å²) in [5.74, 6) is 0. The molecule has 0 aliphatic rings. The molecule has 0 amide bonds. The zero-order chi connectivity index (χ0) is 10.5. The minimum atomic E-state index is -5.61. The molecule has 0 radical (unpaired) electrons. The first-order valence-corrected chi connectivity index (χ1v) is 5.41. The summed E-state index contributed by atoms with van der Waals surface area (Å²) in [7, 11) is -5.61. The molecule has 0 saturated heterocycles. The van der Waals surface area contributed by atoms with Crippen molar-refractivity contribution in [2.45, 2.75) is 0 Å². The van der Waals surface area contributed by atoms with Gasteiger partial charge in [0.15, 0.2) is 0 Å². The van der Waals surface area contributed by atoms with Crippen molar-refractivity contribution in [2.24, 2.45) is 0 Å². The third-order valence-corrected chi connectivity index (χ3v) is 1.58. The molecule has 0 fully saturated rings. The van der Waals surface area contributed by atoms with E-state index in [0.29, 0.717) is 10.0 Å². The van der Waals surface area contributed by atoms with E-state index in [9.17, 15) is 0 Å². The van der Waals surface area contributed by atoms with Crippen LogP contribution >= 0.6 is 23.2 Å². The maximum atomic E-state index is 8.58. The number of halogens is 2. The van der Waals surface area contributed by atoms with Gasteiger partial charge in [-0.1, -0.05) is 35.3 Å². The first kappa shape index (κ1) is 32.7. The third kappa shape index (κ3) is 28.7. The Labute approximate surface area is 200 Å². The molecular weight excluding hydrogens is 327 g/mol. The molecule has 0 atom stereocenters. The van der Waals surface area contributed by atoms with Crippen LogP contribution in [0.25, 0.3) is 0 Å². The Bertz CT molecular complexity index is 249. The average molecular weight is 331 g/mol. The van der Waals surface area contributed by atoms with Crippen molar-refractivity contribution in [3.05, 3.63) is 34.3 Å². The smallest absolute Gasteiger partial charge is 0.894 e. The van der Waals surface area contributed by atoms with Crippen LogP contribution in [-0.4, -0.2) is 9.05 Å². The predicted octanol–water partition coefficient (Wildman–Crippen LogP) is -14.1. The summed E-state index contributed by atoms with van der Waals surface area (Å²) in [6.07, 6.45) is 0. The van der Waals surface area contributed by atoms with Crippen molar-refractivity contribution in [1.82, 2.24) is 0 Å². The Morgan fingerprint density at radius 1 is 0.706 bits per heavy atom. The van der Waals surface area contributed by atoms with Crippen molar-refractivity contribution >= 4 is 32.2 Å². The molecule has 74 valence electrons. The standard InChI is InChI=1S/C6H4Cl2.4Na.O4Si/c7-5-3-1-2-4-6(5)8;;;;;1-5(2,3)4/h1-4H;;;;;/q;4*+1;-4. The summed E-state index contributed by atoms with van der Waals surface area (Å²) < 4.78 is 0. The van der Waals surface area contributed by atoms with Gasteiger partial charge in [0.25, 0.3) is 0 Å². The van der Waals surface area contributed by atoms with Gasteiger partial charge in [-0.3, -0.25) is 0 Å². The zero-order valence-electron chi connectivity index (χ0n) is 10.2. The van der Waals surface area contributed by atoms with Crippen LogP contribution in [0.5, 0.6) is 0 Å². The number of hydrogen-bond acceptors (Lipinski definition) is 4. The molecule has 0 bridgehead atoms. The normalized spacial score (nSPS) is 7.88. The first-order chi connectivity index (χ1) is 5.80. The molecule has 0 spiro atoms. The summed E-state index contributed by atoms with van der Waals surface area (Å²) in [5.41, 5.74) is 0. The largest absolute Gasteiger partial charge is 1.00 e. The maximum absolute atomic E-state index is 8.58. The van der Waals surface area contributed by atoms with Crippen molar-refractivity contribution in [2.75, 3.05) is 0 Å². The van der Waals surface area contributed by atoms with Gasteiger partial charge in [0, 0.05) is 0 Å². The molecule has 0 aliphatic heterocycles. The van der Waals surface area contributed by atoms with Crippen molar-refractivity contribution in [1.29, 1.82) is 0 Å². The second-order valence-electron chi connectivity index (χ2n) is 1.91. The molecular formula is C6H4Cl2Na4O4Si. The van der Waals surface area contributed by atoms with E-state index in [1.165, 1.54) is 0 Å². The van der Waals surface area contributed by atoms with Gasteiger partial charge in [-0.05, 0) is 12.1 Å². The molecule has 0 N–H and O–H groups in total. The van der Waals surface area contributed by atoms with Crippen molar-refractivity contribution < 1.29 is 137 Å². The maximum Gasteiger partial charge on any atom is 1.00 e. The molecule has 0 aliphatic carbocycles. The number of hydrogen-bond donors (Lipinski definition) is 0.